The number of anilines is 1. The Kier molecular flexibility index (Phi) is 4.60. The highest BCUT2D eigenvalue weighted by Gasteiger charge is 1.97. The summed E-state index contributed by atoms with van der Waals surface area (Å²) in [6, 6.07) is 5.90. The van der Waals surface area contributed by atoms with E-state index in [4.69, 9.17) is 11.6 Å². The van der Waals surface area contributed by atoms with Crippen LogP contribution in [0, 0.1) is 6.92 Å². The Hall–Kier alpha value is -0.210. The van der Waals surface area contributed by atoms with Crippen LogP contribution in [0.2, 0.25) is 5.02 Å². The number of hydrogen-bond donors (Lipinski definition) is 1. The fourth-order valence-electron chi connectivity index (χ4n) is 1.12. The molecule has 1 rings (SSSR count). The van der Waals surface area contributed by atoms with Crippen molar-refractivity contribution >= 4 is 33.2 Å². The molecule has 0 heterocycles. The molecule has 0 unspecified atom stereocenters. The number of aryl methyl sites for hydroxylation is 1. The zero-order valence-corrected chi connectivity index (χ0v) is 9.95. The quantitative estimate of drug-likeness (QED) is 0.642. The summed E-state index contributed by atoms with van der Waals surface area (Å²) in [6.07, 6.45) is 1.13. The Morgan fingerprint density at radius 3 is 2.85 bits per heavy atom. The summed E-state index contributed by atoms with van der Waals surface area (Å²) >= 11 is 9.23. The molecular formula is C10H13BrClN. The number of benzene rings is 1. The van der Waals surface area contributed by atoms with Crippen LogP contribution in [0.5, 0.6) is 0 Å². The first-order chi connectivity index (χ1) is 6.24. The van der Waals surface area contributed by atoms with Gasteiger partial charge in [-0.2, -0.15) is 0 Å². The van der Waals surface area contributed by atoms with Crippen molar-refractivity contribution in [3.63, 3.8) is 0 Å². The van der Waals surface area contributed by atoms with E-state index in [1.165, 1.54) is 11.3 Å². The third-order valence-electron chi connectivity index (χ3n) is 1.81. The van der Waals surface area contributed by atoms with Gasteiger partial charge in [0.05, 0.1) is 0 Å². The first kappa shape index (κ1) is 10.9. The molecule has 0 atom stereocenters. The molecular weight excluding hydrogens is 249 g/mol. The Morgan fingerprint density at radius 2 is 2.23 bits per heavy atom. The van der Waals surface area contributed by atoms with E-state index in [1.54, 1.807) is 0 Å². The summed E-state index contributed by atoms with van der Waals surface area (Å²) < 4.78 is 0. The molecule has 13 heavy (non-hydrogen) atoms. The van der Waals surface area contributed by atoms with E-state index < -0.39 is 0 Å². The largest absolute Gasteiger partial charge is 0.385 e. The number of nitrogens with one attached hydrogen (secondary N) is 1. The van der Waals surface area contributed by atoms with Gasteiger partial charge in [0, 0.05) is 22.6 Å². The molecule has 1 aromatic rings. The molecule has 1 N–H and O–H groups in total. The van der Waals surface area contributed by atoms with Crippen LogP contribution in [0.3, 0.4) is 0 Å². The number of rotatable bonds is 4. The van der Waals surface area contributed by atoms with Gasteiger partial charge >= 0.3 is 0 Å². The average molecular weight is 263 g/mol. The Labute approximate surface area is 92.6 Å². The lowest BCUT2D eigenvalue weighted by Crippen LogP contribution is -2.02. The Balaban J connectivity index is 2.56. The predicted molar refractivity (Wildman–Crippen MR) is 63.1 cm³/mol. The van der Waals surface area contributed by atoms with Crippen molar-refractivity contribution in [2.24, 2.45) is 0 Å². The summed E-state index contributed by atoms with van der Waals surface area (Å²) in [5, 5.41) is 5.18. The Morgan fingerprint density at radius 1 is 1.46 bits per heavy atom. The molecule has 0 aliphatic rings. The van der Waals surface area contributed by atoms with Gasteiger partial charge in [-0.3, -0.25) is 0 Å². The molecule has 72 valence electrons. The highest BCUT2D eigenvalue weighted by molar-refractivity contribution is 9.09. The van der Waals surface area contributed by atoms with Crippen molar-refractivity contribution in [2.45, 2.75) is 13.3 Å². The molecule has 0 aliphatic heterocycles. The van der Waals surface area contributed by atoms with E-state index in [1.807, 2.05) is 18.2 Å². The summed E-state index contributed by atoms with van der Waals surface area (Å²) in [5.74, 6) is 0. The van der Waals surface area contributed by atoms with Crippen molar-refractivity contribution < 1.29 is 0 Å². The van der Waals surface area contributed by atoms with Gasteiger partial charge in [-0.15, -0.1) is 0 Å². The molecule has 0 bridgehead atoms. The van der Waals surface area contributed by atoms with Crippen LogP contribution < -0.4 is 5.32 Å². The monoisotopic (exact) mass is 261 g/mol. The maximum Gasteiger partial charge on any atom is 0.0410 e. The topological polar surface area (TPSA) is 12.0 Å². The number of alkyl halides is 1. The van der Waals surface area contributed by atoms with Gasteiger partial charge in [-0.05, 0) is 37.1 Å². The fourth-order valence-corrected chi connectivity index (χ4v) is 1.62. The second kappa shape index (κ2) is 5.51. The highest BCUT2D eigenvalue weighted by atomic mass is 79.9. The van der Waals surface area contributed by atoms with Crippen LogP contribution in [0.1, 0.15) is 12.0 Å². The molecule has 0 saturated carbocycles. The summed E-state index contributed by atoms with van der Waals surface area (Å²) in [7, 11) is 0. The molecule has 0 fully saturated rings. The van der Waals surface area contributed by atoms with Gasteiger partial charge in [0.25, 0.3) is 0 Å². The van der Waals surface area contributed by atoms with E-state index in [9.17, 15) is 0 Å². The van der Waals surface area contributed by atoms with E-state index in [0.29, 0.717) is 0 Å². The second-order valence-electron chi connectivity index (χ2n) is 2.93. The molecule has 3 heteroatoms. The van der Waals surface area contributed by atoms with Crippen molar-refractivity contribution in [2.75, 3.05) is 17.2 Å². The van der Waals surface area contributed by atoms with Gasteiger partial charge in [0.2, 0.25) is 0 Å². The van der Waals surface area contributed by atoms with Crippen molar-refractivity contribution in [1.29, 1.82) is 0 Å². The van der Waals surface area contributed by atoms with Crippen LogP contribution in [0.15, 0.2) is 18.2 Å². The molecule has 0 radical (unpaired) electrons. The van der Waals surface area contributed by atoms with E-state index in [-0.39, 0.29) is 0 Å². The molecule has 0 saturated heterocycles. The maximum atomic E-state index is 5.84. The zero-order valence-electron chi connectivity index (χ0n) is 7.61. The Bertz CT molecular complexity index is 276. The number of halogens is 2. The standard InChI is InChI=1S/C10H13BrClN/c1-8-7-9(12)3-4-10(8)13-6-2-5-11/h3-4,7,13H,2,5-6H2,1H3. The molecule has 0 aromatic heterocycles. The summed E-state index contributed by atoms with van der Waals surface area (Å²) in [4.78, 5) is 0. The lowest BCUT2D eigenvalue weighted by Gasteiger charge is -2.08. The van der Waals surface area contributed by atoms with E-state index >= 15 is 0 Å². The molecule has 0 aliphatic carbocycles. The van der Waals surface area contributed by atoms with Crippen molar-refractivity contribution in [3.05, 3.63) is 28.8 Å². The number of hydrogen-bond acceptors (Lipinski definition) is 1. The van der Waals surface area contributed by atoms with Crippen LogP contribution in [0.25, 0.3) is 0 Å². The van der Waals surface area contributed by atoms with Crippen LogP contribution in [-0.2, 0) is 0 Å². The van der Waals surface area contributed by atoms with E-state index in [2.05, 4.69) is 28.2 Å². The molecule has 1 aromatic carbocycles. The SMILES string of the molecule is Cc1cc(Cl)ccc1NCCCBr. The third-order valence-corrected chi connectivity index (χ3v) is 2.61. The normalized spacial score (nSPS) is 10.1. The first-order valence-electron chi connectivity index (χ1n) is 4.30. The zero-order chi connectivity index (χ0) is 9.68. The minimum Gasteiger partial charge on any atom is -0.385 e. The van der Waals surface area contributed by atoms with Crippen molar-refractivity contribution in [3.8, 4) is 0 Å². The van der Waals surface area contributed by atoms with Crippen LogP contribution in [0.4, 0.5) is 5.69 Å². The van der Waals surface area contributed by atoms with Gasteiger partial charge in [0.15, 0.2) is 0 Å². The van der Waals surface area contributed by atoms with Crippen LogP contribution >= 0.6 is 27.5 Å². The van der Waals surface area contributed by atoms with Crippen molar-refractivity contribution in [1.82, 2.24) is 0 Å². The minimum atomic E-state index is 0.795. The smallest absolute Gasteiger partial charge is 0.0410 e. The molecule has 0 amide bonds. The van der Waals surface area contributed by atoms with E-state index in [0.717, 1.165) is 23.3 Å². The average Bonchev–Trinajstić information content (AvgIpc) is 2.09. The fraction of sp³-hybridized carbons (Fsp3) is 0.400. The molecule has 0 spiro atoms. The van der Waals surface area contributed by atoms with Gasteiger partial charge < -0.3 is 5.32 Å². The lowest BCUT2D eigenvalue weighted by atomic mass is 10.2. The second-order valence-corrected chi connectivity index (χ2v) is 4.16. The predicted octanol–water partition coefficient (Wildman–Crippen LogP) is 3.85. The molecule has 1 nitrogen and oxygen atoms in total. The van der Waals surface area contributed by atoms with Crippen LogP contribution in [-0.4, -0.2) is 11.9 Å². The van der Waals surface area contributed by atoms with Gasteiger partial charge in [0.1, 0.15) is 0 Å². The van der Waals surface area contributed by atoms with Gasteiger partial charge in [-0.25, -0.2) is 0 Å². The maximum absolute atomic E-state index is 5.84. The third kappa shape index (κ3) is 3.57. The first-order valence-corrected chi connectivity index (χ1v) is 5.80. The minimum absolute atomic E-state index is 0.795. The summed E-state index contributed by atoms with van der Waals surface area (Å²) in [6.45, 7) is 3.05. The highest BCUT2D eigenvalue weighted by Crippen LogP contribution is 2.19. The van der Waals surface area contributed by atoms with Gasteiger partial charge in [-0.1, -0.05) is 27.5 Å². The summed E-state index contributed by atoms with van der Waals surface area (Å²) in [5.41, 5.74) is 2.37. The lowest BCUT2D eigenvalue weighted by molar-refractivity contribution is 0.997.